The Balaban J connectivity index is 1.79. The van der Waals surface area contributed by atoms with Crippen LogP contribution in [0.5, 0.6) is 5.75 Å². The fraction of sp³-hybridized carbons (Fsp3) is 0.176. The highest BCUT2D eigenvalue weighted by molar-refractivity contribution is 6.31. The van der Waals surface area contributed by atoms with Gasteiger partial charge in [0.15, 0.2) is 5.65 Å². The first kappa shape index (κ1) is 17.7. The van der Waals surface area contributed by atoms with Crippen molar-refractivity contribution in [3.05, 3.63) is 58.0 Å². The monoisotopic (exact) mass is 373 g/mol. The molecule has 3 aromatic rings. The summed E-state index contributed by atoms with van der Waals surface area (Å²) in [5, 5.41) is 4.52. The van der Waals surface area contributed by atoms with Crippen LogP contribution in [0, 0.1) is 13.8 Å². The second kappa shape index (κ2) is 7.01. The average molecular weight is 374 g/mol. The number of nitrogens with one attached hydrogen (secondary N) is 2. The quantitative estimate of drug-likeness (QED) is 0.685. The molecule has 26 heavy (non-hydrogen) atoms. The van der Waals surface area contributed by atoms with Crippen LogP contribution in [0.2, 0.25) is 5.02 Å². The van der Waals surface area contributed by atoms with Gasteiger partial charge in [-0.05, 0) is 38.1 Å². The topological polar surface area (TPSA) is 97.6 Å². The third-order valence-electron chi connectivity index (χ3n) is 3.72. The Hall–Kier alpha value is -3.13. The molecule has 8 nitrogen and oxygen atoms in total. The molecule has 0 radical (unpaired) electrons. The molecule has 0 fully saturated rings. The van der Waals surface area contributed by atoms with Gasteiger partial charge in [-0.15, -0.1) is 0 Å². The molecule has 0 aliphatic rings. The van der Waals surface area contributed by atoms with E-state index < -0.39 is 11.8 Å². The van der Waals surface area contributed by atoms with Crippen LogP contribution < -0.4 is 15.6 Å². The van der Waals surface area contributed by atoms with Gasteiger partial charge in [-0.2, -0.15) is 5.10 Å². The Morgan fingerprint density at radius 1 is 1.12 bits per heavy atom. The van der Waals surface area contributed by atoms with Gasteiger partial charge in [0.2, 0.25) is 0 Å². The number of hydrogen-bond acceptors (Lipinski definition) is 5. The summed E-state index contributed by atoms with van der Waals surface area (Å²) in [5.41, 5.74) is 7.16. The summed E-state index contributed by atoms with van der Waals surface area (Å²) in [6.45, 7) is 3.69. The van der Waals surface area contributed by atoms with Gasteiger partial charge >= 0.3 is 0 Å². The van der Waals surface area contributed by atoms with Crippen molar-refractivity contribution in [3.63, 3.8) is 0 Å². The second-order valence-corrected chi connectivity index (χ2v) is 6.02. The van der Waals surface area contributed by atoms with E-state index in [4.69, 9.17) is 16.3 Å². The van der Waals surface area contributed by atoms with Gasteiger partial charge in [-0.25, -0.2) is 9.50 Å². The van der Waals surface area contributed by atoms with Crippen molar-refractivity contribution in [2.45, 2.75) is 13.8 Å². The molecular weight excluding hydrogens is 358 g/mol. The van der Waals surface area contributed by atoms with E-state index in [-0.39, 0.29) is 11.1 Å². The summed E-state index contributed by atoms with van der Waals surface area (Å²) in [5.74, 6) is -0.758. The van der Waals surface area contributed by atoms with Crippen LogP contribution in [0.3, 0.4) is 0 Å². The number of amides is 2. The van der Waals surface area contributed by atoms with Crippen molar-refractivity contribution >= 4 is 29.1 Å². The van der Waals surface area contributed by atoms with Crippen LogP contribution in [0.25, 0.3) is 5.65 Å². The van der Waals surface area contributed by atoms with Crippen molar-refractivity contribution in [2.24, 2.45) is 0 Å². The number of methoxy groups -OCH3 is 1. The molecule has 2 amide bonds. The summed E-state index contributed by atoms with van der Waals surface area (Å²) in [7, 11) is 1.44. The van der Waals surface area contributed by atoms with E-state index in [1.54, 1.807) is 16.6 Å². The number of hydrazine groups is 1. The maximum Gasteiger partial charge on any atom is 0.275 e. The largest absolute Gasteiger partial charge is 0.496 e. The van der Waals surface area contributed by atoms with E-state index in [0.29, 0.717) is 16.4 Å². The molecule has 134 valence electrons. The average Bonchev–Trinajstić information content (AvgIpc) is 3.03. The summed E-state index contributed by atoms with van der Waals surface area (Å²) < 4.78 is 6.69. The Morgan fingerprint density at radius 2 is 1.81 bits per heavy atom. The van der Waals surface area contributed by atoms with Crippen molar-refractivity contribution in [2.75, 3.05) is 7.11 Å². The molecule has 0 saturated carbocycles. The van der Waals surface area contributed by atoms with Crippen LogP contribution in [0.1, 0.15) is 32.1 Å². The number of rotatable bonds is 3. The fourth-order valence-electron chi connectivity index (χ4n) is 2.54. The van der Waals surface area contributed by atoms with Gasteiger partial charge < -0.3 is 4.74 Å². The third kappa shape index (κ3) is 3.31. The minimum Gasteiger partial charge on any atom is -0.496 e. The van der Waals surface area contributed by atoms with Crippen molar-refractivity contribution in [1.82, 2.24) is 25.4 Å². The standard InChI is InChI=1S/C17H16ClN5O3/c1-9-6-10(2)23-15(20-9)13(8-19-23)17(25)22-21-16(24)12-7-11(18)4-5-14(12)26-3/h4-8H,1-3H3,(H,21,24)(H,22,25). The number of halogens is 1. The van der Waals surface area contributed by atoms with Crippen molar-refractivity contribution in [1.29, 1.82) is 0 Å². The van der Waals surface area contributed by atoms with E-state index in [1.807, 2.05) is 19.9 Å². The summed E-state index contributed by atoms with van der Waals surface area (Å²) in [6, 6.07) is 6.48. The van der Waals surface area contributed by atoms with Gasteiger partial charge in [0.05, 0.1) is 18.9 Å². The Morgan fingerprint density at radius 3 is 2.50 bits per heavy atom. The first-order chi connectivity index (χ1) is 12.4. The lowest BCUT2D eigenvalue weighted by atomic mass is 10.2. The lowest BCUT2D eigenvalue weighted by Gasteiger charge is -2.10. The second-order valence-electron chi connectivity index (χ2n) is 5.59. The molecule has 0 atom stereocenters. The molecule has 0 spiro atoms. The highest BCUT2D eigenvalue weighted by Gasteiger charge is 2.18. The molecular formula is C17H16ClN5O3. The minimum absolute atomic E-state index is 0.199. The van der Waals surface area contributed by atoms with E-state index in [2.05, 4.69) is 20.9 Å². The van der Waals surface area contributed by atoms with Crippen LogP contribution in [0.15, 0.2) is 30.5 Å². The first-order valence-corrected chi connectivity index (χ1v) is 8.04. The molecule has 9 heteroatoms. The van der Waals surface area contributed by atoms with Crippen molar-refractivity contribution in [3.8, 4) is 5.75 Å². The number of fused-ring (bicyclic) bond motifs is 1. The summed E-state index contributed by atoms with van der Waals surface area (Å²) >= 11 is 5.91. The number of carbonyl (C=O) groups excluding carboxylic acids is 2. The molecule has 0 saturated heterocycles. The van der Waals surface area contributed by atoms with E-state index in [1.165, 1.54) is 19.4 Å². The maximum absolute atomic E-state index is 12.4. The minimum atomic E-state index is -0.561. The Bertz CT molecular complexity index is 1020. The van der Waals surface area contributed by atoms with Gasteiger partial charge in [0.1, 0.15) is 11.3 Å². The zero-order valence-corrected chi connectivity index (χ0v) is 15.1. The smallest absolute Gasteiger partial charge is 0.275 e. The molecule has 2 aromatic heterocycles. The van der Waals surface area contributed by atoms with Gasteiger partial charge in [-0.1, -0.05) is 11.6 Å². The Labute approximate surface area is 154 Å². The third-order valence-corrected chi connectivity index (χ3v) is 3.95. The summed E-state index contributed by atoms with van der Waals surface area (Å²) in [6.07, 6.45) is 1.40. The lowest BCUT2D eigenvalue weighted by molar-refractivity contribution is 0.0845. The van der Waals surface area contributed by atoms with E-state index in [9.17, 15) is 9.59 Å². The molecule has 1 aromatic carbocycles. The number of aromatic nitrogens is 3. The Kier molecular flexibility index (Phi) is 4.77. The van der Waals surface area contributed by atoms with Gasteiger partial charge in [0, 0.05) is 16.4 Å². The molecule has 2 N–H and O–H groups in total. The lowest BCUT2D eigenvalue weighted by Crippen LogP contribution is -2.41. The predicted octanol–water partition coefficient (Wildman–Crippen LogP) is 2.08. The van der Waals surface area contributed by atoms with Crippen LogP contribution in [-0.2, 0) is 0 Å². The number of benzene rings is 1. The van der Waals surface area contributed by atoms with Crippen LogP contribution in [-0.4, -0.2) is 33.5 Å². The molecule has 3 rings (SSSR count). The molecule has 2 heterocycles. The maximum atomic E-state index is 12.4. The SMILES string of the molecule is COc1ccc(Cl)cc1C(=O)NNC(=O)c1cnn2c(C)cc(C)nc12. The molecule has 0 unspecified atom stereocenters. The number of hydrogen-bond donors (Lipinski definition) is 2. The van der Waals surface area contributed by atoms with E-state index >= 15 is 0 Å². The number of aryl methyl sites for hydroxylation is 2. The number of carbonyl (C=O) groups is 2. The molecule has 0 aliphatic carbocycles. The number of ether oxygens (including phenoxy) is 1. The van der Waals surface area contributed by atoms with Crippen LogP contribution >= 0.6 is 11.6 Å². The highest BCUT2D eigenvalue weighted by atomic mass is 35.5. The van der Waals surface area contributed by atoms with E-state index in [0.717, 1.165) is 11.4 Å². The normalized spacial score (nSPS) is 10.6. The van der Waals surface area contributed by atoms with Gasteiger partial charge in [-0.3, -0.25) is 20.4 Å². The predicted molar refractivity (Wildman–Crippen MR) is 95.4 cm³/mol. The molecule has 0 aliphatic heterocycles. The zero-order valence-electron chi connectivity index (χ0n) is 14.3. The summed E-state index contributed by atoms with van der Waals surface area (Å²) in [4.78, 5) is 29.1. The zero-order chi connectivity index (χ0) is 18.8. The van der Waals surface area contributed by atoms with Crippen LogP contribution in [0.4, 0.5) is 0 Å². The fourth-order valence-corrected chi connectivity index (χ4v) is 2.71. The first-order valence-electron chi connectivity index (χ1n) is 7.67. The molecule has 0 bridgehead atoms. The number of nitrogens with zero attached hydrogens (tertiary/aromatic N) is 3. The van der Waals surface area contributed by atoms with Gasteiger partial charge in [0.25, 0.3) is 11.8 Å². The highest BCUT2D eigenvalue weighted by Crippen LogP contribution is 2.22. The van der Waals surface area contributed by atoms with Crippen molar-refractivity contribution < 1.29 is 14.3 Å².